The Morgan fingerprint density at radius 3 is 2.29 bits per heavy atom. The molecule has 0 aromatic heterocycles. The number of hydrogen-bond acceptors (Lipinski definition) is 3. The molecule has 86 valence electrons. The Bertz CT molecular complexity index is 280. The molecule has 1 fully saturated rings. The quantitative estimate of drug-likeness (QED) is 0.726. The maximum atomic E-state index is 12.5. The first kappa shape index (κ1) is 14.0. The predicted octanol–water partition coefficient (Wildman–Crippen LogP) is 0.0840. The van der Waals surface area contributed by atoms with Gasteiger partial charge in [0.1, 0.15) is 0 Å². The number of hydrogen-bond donors (Lipinski definition) is 2. The number of halogens is 3. The lowest BCUT2D eigenvalue weighted by Crippen LogP contribution is -2.42. The lowest BCUT2D eigenvalue weighted by atomic mass is 10.3. The van der Waals surface area contributed by atoms with E-state index in [9.17, 15) is 17.2 Å². The molecule has 1 aliphatic rings. The molecule has 0 aliphatic heterocycles. The van der Waals surface area contributed by atoms with Gasteiger partial charge in [0, 0.05) is 0 Å². The number of nitrogens with one attached hydrogen (secondary N) is 1. The molecule has 0 bridgehead atoms. The van der Waals surface area contributed by atoms with Gasteiger partial charge < -0.3 is 5.73 Å². The fourth-order valence-electron chi connectivity index (χ4n) is 0.775. The number of sulfonamides is 1. The third kappa shape index (κ3) is 4.04. The van der Waals surface area contributed by atoms with E-state index in [1.54, 1.807) is 0 Å². The summed E-state index contributed by atoms with van der Waals surface area (Å²) in [6, 6.07) is 0. The van der Waals surface area contributed by atoms with Crippen LogP contribution in [0.5, 0.6) is 0 Å². The average molecular weight is 251 g/mol. The van der Waals surface area contributed by atoms with Crippen molar-refractivity contribution < 1.29 is 17.2 Å². The summed E-state index contributed by atoms with van der Waals surface area (Å²) in [5.74, 6) is -3.15. The van der Waals surface area contributed by atoms with E-state index in [1.165, 1.54) is 0 Å². The van der Waals surface area contributed by atoms with Crippen molar-refractivity contribution in [2.75, 3.05) is 13.1 Å². The van der Waals surface area contributed by atoms with Crippen LogP contribution in [0.3, 0.4) is 0 Å². The van der Waals surface area contributed by atoms with E-state index >= 15 is 0 Å². The Morgan fingerprint density at radius 2 is 1.93 bits per heavy atom. The highest BCUT2D eigenvalue weighted by atomic mass is 35.5. The van der Waals surface area contributed by atoms with Crippen molar-refractivity contribution in [1.29, 1.82) is 0 Å². The topological polar surface area (TPSA) is 72.2 Å². The number of rotatable bonds is 5. The summed E-state index contributed by atoms with van der Waals surface area (Å²) in [6.45, 7) is -1.75. The van der Waals surface area contributed by atoms with Gasteiger partial charge in [-0.05, 0) is 12.8 Å². The van der Waals surface area contributed by atoms with Gasteiger partial charge in [-0.25, -0.2) is 21.9 Å². The Hall–Kier alpha value is 0.0200. The first-order valence-corrected chi connectivity index (χ1v) is 5.48. The summed E-state index contributed by atoms with van der Waals surface area (Å²) in [6.07, 6.45) is 1.12. The molecule has 3 N–H and O–H groups in total. The minimum Gasteiger partial charge on any atom is -0.325 e. The van der Waals surface area contributed by atoms with Gasteiger partial charge in [-0.3, -0.25) is 0 Å². The molecule has 14 heavy (non-hydrogen) atoms. The van der Waals surface area contributed by atoms with E-state index in [1.807, 2.05) is 4.72 Å². The normalized spacial score (nSPS) is 17.6. The zero-order valence-electron chi connectivity index (χ0n) is 7.37. The highest BCUT2D eigenvalue weighted by Crippen LogP contribution is 2.27. The van der Waals surface area contributed by atoms with E-state index in [0.717, 1.165) is 0 Å². The Labute approximate surface area is 87.7 Å². The van der Waals surface area contributed by atoms with E-state index in [2.05, 4.69) is 0 Å². The van der Waals surface area contributed by atoms with Gasteiger partial charge in [0.25, 0.3) is 5.92 Å². The molecule has 0 aromatic rings. The van der Waals surface area contributed by atoms with E-state index in [-0.39, 0.29) is 12.4 Å². The maximum absolute atomic E-state index is 12.5. The average Bonchev–Trinajstić information content (AvgIpc) is 2.84. The van der Waals surface area contributed by atoms with Crippen LogP contribution in [0.2, 0.25) is 0 Å². The SMILES string of the molecule is Cl.NCC(F)(F)CNS(=O)(=O)C1CC1. The van der Waals surface area contributed by atoms with Crippen molar-refractivity contribution in [2.45, 2.75) is 24.0 Å². The Morgan fingerprint density at radius 1 is 1.43 bits per heavy atom. The predicted molar refractivity (Wildman–Crippen MR) is 51.2 cm³/mol. The fraction of sp³-hybridized carbons (Fsp3) is 1.00. The summed E-state index contributed by atoms with van der Waals surface area (Å²) >= 11 is 0. The van der Waals surface area contributed by atoms with Gasteiger partial charge >= 0.3 is 0 Å². The molecule has 0 radical (unpaired) electrons. The Balaban J connectivity index is 0.00000169. The van der Waals surface area contributed by atoms with Crippen LogP contribution in [-0.4, -0.2) is 32.7 Å². The van der Waals surface area contributed by atoms with Crippen molar-refractivity contribution in [3.05, 3.63) is 0 Å². The molecule has 0 unspecified atom stereocenters. The summed E-state index contributed by atoms with van der Waals surface area (Å²) < 4.78 is 49.0. The third-order valence-corrected chi connectivity index (χ3v) is 3.69. The minimum absolute atomic E-state index is 0. The second-order valence-electron chi connectivity index (χ2n) is 3.13. The van der Waals surface area contributed by atoms with Crippen molar-refractivity contribution in [2.24, 2.45) is 5.73 Å². The molecule has 0 spiro atoms. The minimum atomic E-state index is -3.52. The van der Waals surface area contributed by atoms with Crippen molar-refractivity contribution in [3.8, 4) is 0 Å². The molecule has 0 atom stereocenters. The molecule has 1 rings (SSSR count). The standard InChI is InChI=1S/C6H12F2N2O2S.ClH/c7-6(8,3-9)4-10-13(11,12)5-1-2-5;/h5,10H,1-4,9H2;1H. The van der Waals surface area contributed by atoms with E-state index in [4.69, 9.17) is 5.73 Å². The molecule has 1 saturated carbocycles. The summed E-state index contributed by atoms with van der Waals surface area (Å²) in [7, 11) is -3.52. The fourth-order valence-corrected chi connectivity index (χ4v) is 2.18. The molecule has 1 aliphatic carbocycles. The first-order valence-electron chi connectivity index (χ1n) is 3.94. The summed E-state index contributed by atoms with van der Waals surface area (Å²) in [4.78, 5) is 0. The summed E-state index contributed by atoms with van der Waals surface area (Å²) in [5.41, 5.74) is 4.74. The largest absolute Gasteiger partial charge is 0.325 e. The third-order valence-electron chi connectivity index (χ3n) is 1.79. The van der Waals surface area contributed by atoms with Crippen LogP contribution in [0.1, 0.15) is 12.8 Å². The number of nitrogens with two attached hydrogens (primary N) is 1. The van der Waals surface area contributed by atoms with Gasteiger partial charge in [-0.1, -0.05) is 0 Å². The lowest BCUT2D eigenvalue weighted by Gasteiger charge is -2.14. The second-order valence-corrected chi connectivity index (χ2v) is 5.17. The molecule has 0 heterocycles. The van der Waals surface area contributed by atoms with Crippen molar-refractivity contribution in [1.82, 2.24) is 4.72 Å². The van der Waals surface area contributed by atoms with Crippen LogP contribution >= 0.6 is 12.4 Å². The van der Waals surface area contributed by atoms with Gasteiger partial charge in [-0.15, -0.1) is 12.4 Å². The smallest absolute Gasteiger partial charge is 0.273 e. The highest BCUT2D eigenvalue weighted by Gasteiger charge is 2.38. The van der Waals surface area contributed by atoms with Gasteiger partial charge in [-0.2, -0.15) is 0 Å². The molecular formula is C6H13ClF2N2O2S. The second kappa shape index (κ2) is 4.69. The molecule has 8 heteroatoms. The molecule has 0 amide bonds. The lowest BCUT2D eigenvalue weighted by molar-refractivity contribution is 0.0170. The van der Waals surface area contributed by atoms with Crippen LogP contribution in [0.25, 0.3) is 0 Å². The summed E-state index contributed by atoms with van der Waals surface area (Å²) in [5, 5.41) is -0.471. The van der Waals surface area contributed by atoms with Crippen LogP contribution in [-0.2, 0) is 10.0 Å². The van der Waals surface area contributed by atoms with Crippen LogP contribution in [0.4, 0.5) is 8.78 Å². The van der Waals surface area contributed by atoms with Gasteiger partial charge in [0.2, 0.25) is 10.0 Å². The van der Waals surface area contributed by atoms with Crippen LogP contribution in [0.15, 0.2) is 0 Å². The van der Waals surface area contributed by atoms with Gasteiger partial charge in [0.15, 0.2) is 0 Å². The zero-order valence-corrected chi connectivity index (χ0v) is 9.01. The zero-order chi connectivity index (χ0) is 10.1. The Kier molecular flexibility index (Phi) is 4.70. The molecule has 0 aromatic carbocycles. The molecule has 0 saturated heterocycles. The highest BCUT2D eigenvalue weighted by molar-refractivity contribution is 7.90. The van der Waals surface area contributed by atoms with E-state index < -0.39 is 34.3 Å². The van der Waals surface area contributed by atoms with Gasteiger partial charge in [0.05, 0.1) is 18.3 Å². The van der Waals surface area contributed by atoms with Crippen LogP contribution in [0, 0.1) is 0 Å². The van der Waals surface area contributed by atoms with E-state index in [0.29, 0.717) is 12.8 Å². The first-order chi connectivity index (χ1) is 5.87. The maximum Gasteiger partial charge on any atom is 0.273 e. The van der Waals surface area contributed by atoms with Crippen LogP contribution < -0.4 is 10.5 Å². The number of alkyl halides is 2. The molecule has 4 nitrogen and oxygen atoms in total. The monoisotopic (exact) mass is 250 g/mol. The molecular weight excluding hydrogens is 238 g/mol. The van der Waals surface area contributed by atoms with Crippen molar-refractivity contribution in [3.63, 3.8) is 0 Å². The van der Waals surface area contributed by atoms with Crippen molar-refractivity contribution >= 4 is 22.4 Å².